The summed E-state index contributed by atoms with van der Waals surface area (Å²) < 4.78 is 39.9. The Morgan fingerprint density at radius 1 is 1.53 bits per heavy atom. The highest BCUT2D eigenvalue weighted by Gasteiger charge is 2.33. The fourth-order valence-electron chi connectivity index (χ4n) is 0.882. The van der Waals surface area contributed by atoms with E-state index in [0.29, 0.717) is 4.60 Å². The molecule has 0 bridgehead atoms. The average Bonchev–Trinajstić information content (AvgIpc) is 2.07. The number of aromatic nitrogens is 1. The first-order valence-corrected chi connectivity index (χ1v) is 4.81. The second kappa shape index (κ2) is 4.54. The Kier molecular flexibility index (Phi) is 3.80. The van der Waals surface area contributed by atoms with Gasteiger partial charge in [-0.2, -0.15) is 0 Å². The lowest BCUT2D eigenvalue weighted by molar-refractivity contribution is -0.275. The molecule has 0 aliphatic carbocycles. The van der Waals surface area contributed by atoms with Gasteiger partial charge in [0.25, 0.3) is 0 Å². The van der Waals surface area contributed by atoms with Crippen molar-refractivity contribution in [2.45, 2.75) is 12.9 Å². The van der Waals surface area contributed by atoms with Crippen LogP contribution < -0.4 is 10.5 Å². The molecule has 0 fully saturated rings. The Hall–Kier alpha value is -0.530. The van der Waals surface area contributed by atoms with E-state index in [1.165, 1.54) is 6.07 Å². The highest BCUT2D eigenvalue weighted by atomic mass is 79.9. The third-order valence-corrected chi connectivity index (χ3v) is 2.06. The summed E-state index contributed by atoms with van der Waals surface area (Å²) in [7, 11) is 0. The van der Waals surface area contributed by atoms with Crippen LogP contribution in [0.5, 0.6) is 5.75 Å². The molecule has 0 radical (unpaired) electrons. The Morgan fingerprint density at radius 3 is 2.60 bits per heavy atom. The van der Waals surface area contributed by atoms with Crippen molar-refractivity contribution in [3.63, 3.8) is 0 Å². The Morgan fingerprint density at radius 2 is 2.13 bits per heavy atom. The van der Waals surface area contributed by atoms with Gasteiger partial charge < -0.3 is 10.5 Å². The van der Waals surface area contributed by atoms with Crippen molar-refractivity contribution in [2.75, 3.05) is 0 Å². The molecule has 84 valence electrons. The number of alkyl halides is 3. The zero-order chi connectivity index (χ0) is 11.6. The molecule has 8 heteroatoms. The predicted molar refractivity (Wildman–Crippen MR) is 51.5 cm³/mol. The molecule has 0 aliphatic rings. The first-order chi connectivity index (χ1) is 6.83. The lowest BCUT2D eigenvalue weighted by atomic mass is 10.3. The Labute approximate surface area is 96.5 Å². The maximum absolute atomic E-state index is 12.0. The van der Waals surface area contributed by atoms with Crippen molar-refractivity contribution >= 4 is 27.5 Å². The summed E-state index contributed by atoms with van der Waals surface area (Å²) in [6, 6.07) is 1.20. The second-order valence-electron chi connectivity index (χ2n) is 2.45. The third-order valence-electron chi connectivity index (χ3n) is 1.38. The molecule has 0 saturated heterocycles. The summed E-state index contributed by atoms with van der Waals surface area (Å²) >= 11 is 8.55. The van der Waals surface area contributed by atoms with Gasteiger partial charge in [-0.05, 0) is 22.0 Å². The van der Waals surface area contributed by atoms with E-state index in [-0.39, 0.29) is 17.3 Å². The molecule has 0 spiro atoms. The molecular formula is C7H5BrClF3N2O. The predicted octanol–water partition coefficient (Wildman–Crippen LogP) is 2.85. The Bertz CT molecular complexity index is 372. The summed E-state index contributed by atoms with van der Waals surface area (Å²) in [5.74, 6) is -0.560. The minimum absolute atomic E-state index is 0.0632. The Balaban J connectivity index is 3.15. The van der Waals surface area contributed by atoms with E-state index in [4.69, 9.17) is 17.3 Å². The molecule has 1 aromatic heterocycles. The van der Waals surface area contributed by atoms with E-state index in [9.17, 15) is 13.2 Å². The first-order valence-electron chi connectivity index (χ1n) is 3.64. The van der Waals surface area contributed by atoms with Gasteiger partial charge in [0.15, 0.2) is 5.75 Å². The number of halogens is 5. The second-order valence-corrected chi connectivity index (χ2v) is 3.67. The van der Waals surface area contributed by atoms with Crippen molar-refractivity contribution in [2.24, 2.45) is 5.73 Å². The number of pyridine rings is 1. The molecular weight excluding hydrogens is 300 g/mol. The number of hydrogen-bond donors (Lipinski definition) is 1. The van der Waals surface area contributed by atoms with Crippen molar-refractivity contribution in [1.29, 1.82) is 0 Å². The van der Waals surface area contributed by atoms with Crippen molar-refractivity contribution in [3.8, 4) is 5.75 Å². The maximum Gasteiger partial charge on any atom is 0.573 e. The SMILES string of the molecule is NCc1nc(Br)cc(Cl)c1OC(F)(F)F. The lowest BCUT2D eigenvalue weighted by Crippen LogP contribution is -2.19. The molecule has 0 saturated carbocycles. The molecule has 2 N–H and O–H groups in total. The third kappa shape index (κ3) is 3.51. The van der Waals surface area contributed by atoms with Crippen LogP contribution in [0, 0.1) is 0 Å². The summed E-state index contributed by atoms with van der Waals surface area (Å²) in [6.07, 6.45) is -4.82. The molecule has 0 aromatic carbocycles. The van der Waals surface area contributed by atoms with Gasteiger partial charge in [-0.15, -0.1) is 13.2 Å². The maximum atomic E-state index is 12.0. The van der Waals surface area contributed by atoms with Crippen LogP contribution in [0.3, 0.4) is 0 Å². The number of nitrogens with two attached hydrogens (primary N) is 1. The number of hydrogen-bond acceptors (Lipinski definition) is 3. The van der Waals surface area contributed by atoms with E-state index in [1.807, 2.05) is 0 Å². The van der Waals surface area contributed by atoms with Gasteiger partial charge in [0.05, 0.1) is 10.7 Å². The minimum atomic E-state index is -4.82. The van der Waals surface area contributed by atoms with Gasteiger partial charge in [-0.1, -0.05) is 11.6 Å². The van der Waals surface area contributed by atoms with Crippen LogP contribution in [0.15, 0.2) is 10.7 Å². The summed E-state index contributed by atoms with van der Waals surface area (Å²) in [6.45, 7) is -0.204. The molecule has 1 rings (SSSR count). The number of rotatable bonds is 2. The topological polar surface area (TPSA) is 48.1 Å². The smallest absolute Gasteiger partial charge is 0.402 e. The van der Waals surface area contributed by atoms with Crippen LogP contribution in [0.4, 0.5) is 13.2 Å². The highest BCUT2D eigenvalue weighted by molar-refractivity contribution is 9.10. The quantitative estimate of drug-likeness (QED) is 0.855. The van der Waals surface area contributed by atoms with Crippen LogP contribution >= 0.6 is 27.5 Å². The van der Waals surface area contributed by atoms with Crippen molar-refractivity contribution in [1.82, 2.24) is 4.98 Å². The molecule has 15 heavy (non-hydrogen) atoms. The van der Waals surface area contributed by atoms with E-state index in [1.54, 1.807) is 0 Å². The molecule has 0 unspecified atom stereocenters. The number of ether oxygens (including phenoxy) is 1. The van der Waals surface area contributed by atoms with Crippen LogP contribution in [0.1, 0.15) is 5.69 Å². The summed E-state index contributed by atoms with van der Waals surface area (Å²) in [5.41, 5.74) is 5.15. The first kappa shape index (κ1) is 12.5. The summed E-state index contributed by atoms with van der Waals surface area (Å²) in [5, 5.41) is -0.199. The van der Waals surface area contributed by atoms with Crippen LogP contribution in [-0.2, 0) is 6.54 Å². The zero-order valence-electron chi connectivity index (χ0n) is 7.11. The van der Waals surface area contributed by atoms with Gasteiger partial charge in [-0.3, -0.25) is 0 Å². The standard InChI is InChI=1S/C7H5BrClF3N2O/c8-5-1-3(9)6(4(2-13)14-5)15-7(10,11)12/h1H,2,13H2. The van der Waals surface area contributed by atoms with Gasteiger partial charge in [0.1, 0.15) is 4.60 Å². The average molecular weight is 305 g/mol. The van der Waals surface area contributed by atoms with E-state index in [0.717, 1.165) is 0 Å². The van der Waals surface area contributed by atoms with Crippen molar-refractivity contribution in [3.05, 3.63) is 21.4 Å². The van der Waals surface area contributed by atoms with Gasteiger partial charge in [0, 0.05) is 6.54 Å². The minimum Gasteiger partial charge on any atom is -0.402 e. The molecule has 0 amide bonds. The van der Waals surface area contributed by atoms with Crippen LogP contribution in [0.25, 0.3) is 0 Å². The highest BCUT2D eigenvalue weighted by Crippen LogP contribution is 2.34. The molecule has 1 heterocycles. The molecule has 3 nitrogen and oxygen atoms in total. The normalized spacial score (nSPS) is 11.6. The lowest BCUT2D eigenvalue weighted by Gasteiger charge is -2.13. The van der Waals surface area contributed by atoms with Gasteiger partial charge in [0.2, 0.25) is 0 Å². The number of nitrogens with zero attached hydrogens (tertiary/aromatic N) is 1. The van der Waals surface area contributed by atoms with E-state index < -0.39 is 12.1 Å². The van der Waals surface area contributed by atoms with Crippen LogP contribution in [-0.4, -0.2) is 11.3 Å². The zero-order valence-corrected chi connectivity index (χ0v) is 9.45. The van der Waals surface area contributed by atoms with Gasteiger partial charge in [-0.25, -0.2) is 4.98 Å². The summed E-state index contributed by atoms with van der Waals surface area (Å²) in [4.78, 5) is 3.72. The van der Waals surface area contributed by atoms with E-state index >= 15 is 0 Å². The molecule has 1 aromatic rings. The fraction of sp³-hybridized carbons (Fsp3) is 0.286. The van der Waals surface area contributed by atoms with Crippen LogP contribution in [0.2, 0.25) is 5.02 Å². The largest absolute Gasteiger partial charge is 0.573 e. The van der Waals surface area contributed by atoms with Crippen molar-refractivity contribution < 1.29 is 17.9 Å². The molecule has 0 atom stereocenters. The van der Waals surface area contributed by atoms with Gasteiger partial charge >= 0.3 is 6.36 Å². The molecule has 0 aliphatic heterocycles. The van der Waals surface area contributed by atoms with E-state index in [2.05, 4.69) is 25.7 Å². The fourth-order valence-corrected chi connectivity index (χ4v) is 1.71. The monoisotopic (exact) mass is 304 g/mol.